The van der Waals surface area contributed by atoms with Crippen molar-refractivity contribution in [1.82, 2.24) is 5.43 Å². The van der Waals surface area contributed by atoms with Crippen molar-refractivity contribution in [1.29, 1.82) is 0 Å². The van der Waals surface area contributed by atoms with Crippen LogP contribution < -0.4 is 11.3 Å². The second-order valence-corrected chi connectivity index (χ2v) is 2.72. The number of aryl methyl sites for hydroxylation is 1. The third-order valence-corrected chi connectivity index (χ3v) is 1.59. The van der Waals surface area contributed by atoms with E-state index < -0.39 is 0 Å². The lowest BCUT2D eigenvalue weighted by atomic mass is 10.1. The van der Waals surface area contributed by atoms with Gasteiger partial charge in [-0.2, -0.15) is 0 Å². The number of nitrogens with two attached hydrogens (primary N) is 1. The van der Waals surface area contributed by atoms with Crippen molar-refractivity contribution in [3.05, 3.63) is 41.5 Å². The van der Waals surface area contributed by atoms with E-state index in [2.05, 4.69) is 30.5 Å². The molecule has 0 amide bonds. The topological polar surface area (TPSA) is 38.0 Å². The third kappa shape index (κ3) is 2.86. The molecule has 0 aliphatic carbocycles. The quantitative estimate of drug-likeness (QED) is 0.521. The van der Waals surface area contributed by atoms with Gasteiger partial charge in [-0.15, -0.1) is 0 Å². The van der Waals surface area contributed by atoms with Crippen molar-refractivity contribution in [3.8, 4) is 0 Å². The molecular weight excluding hydrogens is 148 g/mol. The van der Waals surface area contributed by atoms with Crippen LogP contribution in [0.15, 0.2) is 30.3 Å². The van der Waals surface area contributed by atoms with Gasteiger partial charge in [0.2, 0.25) is 0 Å². The molecule has 1 aromatic rings. The van der Waals surface area contributed by atoms with Gasteiger partial charge in [-0.1, -0.05) is 42.0 Å². The Morgan fingerprint density at radius 2 is 2.33 bits per heavy atom. The first kappa shape index (κ1) is 8.97. The normalized spacial score (nSPS) is 10.8. The first-order valence-electron chi connectivity index (χ1n) is 3.99. The lowest BCUT2D eigenvalue weighted by molar-refractivity contribution is 0.825. The van der Waals surface area contributed by atoms with Gasteiger partial charge in [0, 0.05) is 6.54 Å². The number of hydrogen-bond acceptors (Lipinski definition) is 2. The summed E-state index contributed by atoms with van der Waals surface area (Å²) in [6.45, 7) is 2.78. The van der Waals surface area contributed by atoms with Crippen LogP contribution in [0.4, 0.5) is 0 Å². The summed E-state index contributed by atoms with van der Waals surface area (Å²) in [5, 5.41) is 0. The molecular formula is C10H14N2. The minimum absolute atomic E-state index is 0.702. The van der Waals surface area contributed by atoms with Gasteiger partial charge < -0.3 is 0 Å². The molecule has 0 unspecified atom stereocenters. The largest absolute Gasteiger partial charge is 0.271 e. The predicted molar refractivity (Wildman–Crippen MR) is 52.4 cm³/mol. The van der Waals surface area contributed by atoms with Gasteiger partial charge in [-0.05, 0) is 12.5 Å². The predicted octanol–water partition coefficient (Wildman–Crippen LogP) is 1.47. The van der Waals surface area contributed by atoms with Crippen LogP contribution in [0.25, 0.3) is 6.08 Å². The van der Waals surface area contributed by atoms with Crippen LogP contribution in [0.2, 0.25) is 0 Å². The molecule has 2 heteroatoms. The van der Waals surface area contributed by atoms with Gasteiger partial charge >= 0.3 is 0 Å². The highest BCUT2D eigenvalue weighted by Crippen LogP contribution is 2.04. The van der Waals surface area contributed by atoms with E-state index in [9.17, 15) is 0 Å². The number of benzene rings is 1. The Morgan fingerprint density at radius 1 is 1.50 bits per heavy atom. The molecule has 0 radical (unpaired) electrons. The highest BCUT2D eigenvalue weighted by atomic mass is 15.2. The summed E-state index contributed by atoms with van der Waals surface area (Å²) in [5.74, 6) is 5.12. The van der Waals surface area contributed by atoms with Gasteiger partial charge in [-0.25, -0.2) is 0 Å². The van der Waals surface area contributed by atoms with E-state index in [-0.39, 0.29) is 0 Å². The van der Waals surface area contributed by atoms with E-state index in [0.29, 0.717) is 6.54 Å². The molecule has 0 saturated carbocycles. The van der Waals surface area contributed by atoms with Crippen LogP contribution in [-0.4, -0.2) is 6.54 Å². The number of hydrazine groups is 1. The van der Waals surface area contributed by atoms with Crippen LogP contribution in [0.5, 0.6) is 0 Å². The van der Waals surface area contributed by atoms with Gasteiger partial charge in [-0.3, -0.25) is 11.3 Å². The maximum Gasteiger partial charge on any atom is 0.0281 e. The van der Waals surface area contributed by atoms with Crippen molar-refractivity contribution in [2.24, 2.45) is 5.84 Å². The third-order valence-electron chi connectivity index (χ3n) is 1.59. The summed E-state index contributed by atoms with van der Waals surface area (Å²) in [6, 6.07) is 8.33. The molecule has 0 atom stereocenters. The summed E-state index contributed by atoms with van der Waals surface area (Å²) in [4.78, 5) is 0. The fourth-order valence-electron chi connectivity index (χ4n) is 1.04. The van der Waals surface area contributed by atoms with Gasteiger partial charge in [0.25, 0.3) is 0 Å². The second-order valence-electron chi connectivity index (χ2n) is 2.72. The Labute approximate surface area is 73.1 Å². The number of rotatable bonds is 3. The van der Waals surface area contributed by atoms with Crippen molar-refractivity contribution in [2.45, 2.75) is 6.92 Å². The zero-order valence-electron chi connectivity index (χ0n) is 7.25. The molecule has 1 rings (SSSR count). The average Bonchev–Trinajstić information content (AvgIpc) is 2.05. The molecule has 64 valence electrons. The van der Waals surface area contributed by atoms with Crippen LogP contribution >= 0.6 is 0 Å². The molecule has 2 nitrogen and oxygen atoms in total. The first-order valence-corrected chi connectivity index (χ1v) is 3.99. The van der Waals surface area contributed by atoms with E-state index in [4.69, 9.17) is 5.84 Å². The van der Waals surface area contributed by atoms with Crippen LogP contribution in [0.3, 0.4) is 0 Å². The Hall–Kier alpha value is -1.12. The van der Waals surface area contributed by atoms with Gasteiger partial charge in [0.15, 0.2) is 0 Å². The minimum atomic E-state index is 0.702. The van der Waals surface area contributed by atoms with E-state index >= 15 is 0 Å². The monoisotopic (exact) mass is 162 g/mol. The van der Waals surface area contributed by atoms with E-state index in [1.54, 1.807) is 0 Å². The maximum absolute atomic E-state index is 5.12. The van der Waals surface area contributed by atoms with E-state index in [0.717, 1.165) is 0 Å². The second kappa shape index (κ2) is 4.70. The summed E-state index contributed by atoms with van der Waals surface area (Å²) < 4.78 is 0. The Balaban J connectivity index is 2.63. The molecule has 0 fully saturated rings. The van der Waals surface area contributed by atoms with Crippen LogP contribution in [-0.2, 0) is 0 Å². The summed E-state index contributed by atoms with van der Waals surface area (Å²) in [7, 11) is 0. The van der Waals surface area contributed by atoms with E-state index in [1.807, 2.05) is 18.2 Å². The molecule has 0 bridgehead atoms. The summed E-state index contributed by atoms with van der Waals surface area (Å²) >= 11 is 0. The molecule has 0 saturated heterocycles. The fourth-order valence-corrected chi connectivity index (χ4v) is 1.04. The molecule has 0 aliphatic heterocycles. The molecule has 0 spiro atoms. The molecule has 0 aromatic heterocycles. The van der Waals surface area contributed by atoms with Crippen molar-refractivity contribution in [2.75, 3.05) is 6.54 Å². The number of nitrogens with one attached hydrogen (secondary N) is 1. The van der Waals surface area contributed by atoms with Gasteiger partial charge in [0.1, 0.15) is 0 Å². The maximum atomic E-state index is 5.12. The molecule has 12 heavy (non-hydrogen) atoms. The Bertz CT molecular complexity index is 266. The zero-order chi connectivity index (χ0) is 8.81. The molecule has 0 heterocycles. The zero-order valence-corrected chi connectivity index (χ0v) is 7.25. The number of hydrogen-bond donors (Lipinski definition) is 2. The van der Waals surface area contributed by atoms with Crippen molar-refractivity contribution in [3.63, 3.8) is 0 Å². The van der Waals surface area contributed by atoms with Crippen molar-refractivity contribution < 1.29 is 0 Å². The summed E-state index contributed by atoms with van der Waals surface area (Å²) in [6.07, 6.45) is 4.04. The van der Waals surface area contributed by atoms with E-state index in [1.165, 1.54) is 11.1 Å². The Morgan fingerprint density at radius 3 is 3.00 bits per heavy atom. The average molecular weight is 162 g/mol. The Kier molecular flexibility index (Phi) is 3.51. The standard InChI is InChI=1S/C10H14N2/c1-9-4-2-5-10(8-9)6-3-7-12-11/h2-6,8,12H,7,11H2,1H3/b6-3+. The highest BCUT2D eigenvalue weighted by Gasteiger charge is 1.85. The van der Waals surface area contributed by atoms with Gasteiger partial charge in [0.05, 0.1) is 0 Å². The summed E-state index contributed by atoms with van der Waals surface area (Å²) in [5.41, 5.74) is 5.05. The smallest absolute Gasteiger partial charge is 0.0281 e. The molecule has 3 N–H and O–H groups in total. The molecule has 1 aromatic carbocycles. The fraction of sp³-hybridized carbons (Fsp3) is 0.200. The first-order chi connectivity index (χ1) is 5.83. The molecule has 0 aliphatic rings. The SMILES string of the molecule is Cc1cccc(/C=C/CNN)c1. The van der Waals surface area contributed by atoms with Crippen LogP contribution in [0, 0.1) is 6.92 Å². The van der Waals surface area contributed by atoms with Crippen molar-refractivity contribution >= 4 is 6.08 Å². The lowest BCUT2D eigenvalue weighted by Crippen LogP contribution is -2.21. The highest BCUT2D eigenvalue weighted by molar-refractivity contribution is 5.50. The minimum Gasteiger partial charge on any atom is -0.271 e. The van der Waals surface area contributed by atoms with Crippen LogP contribution in [0.1, 0.15) is 11.1 Å². The lowest BCUT2D eigenvalue weighted by Gasteiger charge is -1.95.